The molecule has 0 amide bonds. The zero-order valence-corrected chi connectivity index (χ0v) is 16.8. The monoisotopic (exact) mass is 380 g/mol. The Bertz CT molecular complexity index is 575. The van der Waals surface area contributed by atoms with Crippen LogP contribution in [0.4, 0.5) is 11.5 Å². The highest BCUT2D eigenvalue weighted by atomic mass is 16.6. The number of hydrogen-bond acceptors (Lipinski definition) is 5. The average molecular weight is 381 g/mol. The molecule has 0 unspecified atom stereocenters. The van der Waals surface area contributed by atoms with Crippen molar-refractivity contribution < 1.29 is 4.92 Å². The minimum absolute atomic E-state index is 0.0541. The van der Waals surface area contributed by atoms with Crippen molar-refractivity contribution in [2.75, 3.05) is 11.9 Å². The van der Waals surface area contributed by atoms with Gasteiger partial charge in [-0.05, 0) is 6.42 Å². The van der Waals surface area contributed by atoms with Gasteiger partial charge >= 0.3 is 11.2 Å². The molecule has 0 aliphatic heterocycles. The lowest BCUT2D eigenvalue weighted by Crippen LogP contribution is -2.16. The van der Waals surface area contributed by atoms with Crippen LogP contribution in [0, 0.1) is 10.1 Å². The SMILES string of the molecule is CCCCCCCCCCCCCCCCNc1nc[nH]c(=O)c1[N+](=O)[O-]. The van der Waals surface area contributed by atoms with Gasteiger partial charge < -0.3 is 10.3 Å². The van der Waals surface area contributed by atoms with Crippen LogP contribution in [0.3, 0.4) is 0 Å². The van der Waals surface area contributed by atoms with Crippen molar-refractivity contribution >= 4 is 11.5 Å². The van der Waals surface area contributed by atoms with Crippen LogP contribution in [0.15, 0.2) is 11.1 Å². The minimum atomic E-state index is -0.724. The highest BCUT2D eigenvalue weighted by Crippen LogP contribution is 2.16. The molecule has 0 radical (unpaired) electrons. The van der Waals surface area contributed by atoms with E-state index in [2.05, 4.69) is 22.2 Å². The maximum absolute atomic E-state index is 11.5. The Balaban J connectivity index is 1.95. The van der Waals surface area contributed by atoms with E-state index in [0.717, 1.165) is 12.8 Å². The zero-order valence-electron chi connectivity index (χ0n) is 16.8. The fraction of sp³-hybridized carbons (Fsp3) is 0.800. The van der Waals surface area contributed by atoms with Crippen LogP contribution in [0.5, 0.6) is 0 Å². The summed E-state index contributed by atoms with van der Waals surface area (Å²) in [6.45, 7) is 2.85. The van der Waals surface area contributed by atoms with Crippen molar-refractivity contribution in [2.45, 2.75) is 96.8 Å². The summed E-state index contributed by atoms with van der Waals surface area (Å²) >= 11 is 0. The lowest BCUT2D eigenvalue weighted by Gasteiger charge is -2.05. The number of hydrogen-bond donors (Lipinski definition) is 2. The standard InChI is InChI=1S/C20H36N4O3/c1-2-3-4-5-6-7-8-9-10-11-12-13-14-15-16-21-19-18(24(26)27)20(25)23-17-22-19/h17H,2-16H2,1H3,(H2,21,22,23,25). The Morgan fingerprint density at radius 3 is 1.89 bits per heavy atom. The second-order valence-electron chi connectivity index (χ2n) is 7.21. The predicted octanol–water partition coefficient (Wildman–Crippen LogP) is 5.57. The van der Waals surface area contributed by atoms with Gasteiger partial charge in [-0.15, -0.1) is 0 Å². The molecule has 0 aliphatic carbocycles. The van der Waals surface area contributed by atoms with Gasteiger partial charge in [-0.1, -0.05) is 90.4 Å². The van der Waals surface area contributed by atoms with Gasteiger partial charge in [0.2, 0.25) is 5.82 Å². The van der Waals surface area contributed by atoms with Crippen LogP contribution >= 0.6 is 0 Å². The molecule has 7 heteroatoms. The Hall–Kier alpha value is -1.92. The molecule has 7 nitrogen and oxygen atoms in total. The second-order valence-corrected chi connectivity index (χ2v) is 7.21. The first-order valence-corrected chi connectivity index (χ1v) is 10.6. The Morgan fingerprint density at radius 1 is 0.926 bits per heavy atom. The van der Waals surface area contributed by atoms with Crippen molar-refractivity contribution in [1.82, 2.24) is 9.97 Å². The van der Waals surface area contributed by atoms with Crippen LogP contribution in [0.25, 0.3) is 0 Å². The number of nitrogens with one attached hydrogen (secondary N) is 2. The van der Waals surface area contributed by atoms with Crippen LogP contribution in [0.2, 0.25) is 0 Å². The fourth-order valence-electron chi connectivity index (χ4n) is 3.22. The third kappa shape index (κ3) is 10.7. The van der Waals surface area contributed by atoms with Crippen LogP contribution in [0.1, 0.15) is 96.8 Å². The van der Waals surface area contributed by atoms with Crippen molar-refractivity contribution in [2.24, 2.45) is 0 Å². The van der Waals surface area contributed by atoms with E-state index in [9.17, 15) is 14.9 Å². The number of anilines is 1. The largest absolute Gasteiger partial charge is 0.375 e. The summed E-state index contributed by atoms with van der Waals surface area (Å²) in [7, 11) is 0. The van der Waals surface area contributed by atoms with Gasteiger partial charge in [0.25, 0.3) is 0 Å². The number of aromatic nitrogens is 2. The smallest absolute Gasteiger partial charge is 0.364 e. The summed E-state index contributed by atoms with van der Waals surface area (Å²) in [5.41, 5.74) is -1.23. The molecule has 1 aromatic rings. The molecule has 0 saturated carbocycles. The fourth-order valence-corrected chi connectivity index (χ4v) is 3.22. The molecule has 0 saturated heterocycles. The average Bonchev–Trinajstić information content (AvgIpc) is 2.64. The van der Waals surface area contributed by atoms with Crippen molar-refractivity contribution in [3.8, 4) is 0 Å². The molecular weight excluding hydrogens is 344 g/mol. The van der Waals surface area contributed by atoms with E-state index in [0.29, 0.717) is 6.54 Å². The van der Waals surface area contributed by atoms with Gasteiger partial charge in [-0.2, -0.15) is 0 Å². The van der Waals surface area contributed by atoms with Crippen molar-refractivity contribution in [3.05, 3.63) is 26.8 Å². The lowest BCUT2D eigenvalue weighted by molar-refractivity contribution is -0.385. The van der Waals surface area contributed by atoms with Gasteiger partial charge in [0, 0.05) is 6.54 Å². The molecule has 0 atom stereocenters. The highest BCUT2D eigenvalue weighted by Gasteiger charge is 2.19. The summed E-state index contributed by atoms with van der Waals surface area (Å²) in [5, 5.41) is 13.8. The molecule has 2 N–H and O–H groups in total. The summed E-state index contributed by atoms with van der Waals surface area (Å²) < 4.78 is 0. The number of nitro groups is 1. The van der Waals surface area contributed by atoms with Crippen molar-refractivity contribution in [1.29, 1.82) is 0 Å². The first-order valence-electron chi connectivity index (χ1n) is 10.6. The molecule has 1 aromatic heterocycles. The van der Waals surface area contributed by atoms with Gasteiger partial charge in [0.15, 0.2) is 0 Å². The normalized spacial score (nSPS) is 10.9. The third-order valence-electron chi connectivity index (χ3n) is 4.83. The zero-order chi connectivity index (χ0) is 19.7. The van der Waals surface area contributed by atoms with Crippen LogP contribution in [-0.2, 0) is 0 Å². The number of unbranched alkanes of at least 4 members (excludes halogenated alkanes) is 13. The molecule has 0 aliphatic rings. The summed E-state index contributed by atoms with van der Waals surface area (Å²) in [5.74, 6) is 0.0541. The number of H-pyrrole nitrogens is 1. The van der Waals surface area contributed by atoms with E-state index < -0.39 is 16.2 Å². The molecule has 27 heavy (non-hydrogen) atoms. The minimum Gasteiger partial charge on any atom is -0.364 e. The molecule has 0 fully saturated rings. The van der Waals surface area contributed by atoms with E-state index in [1.54, 1.807) is 0 Å². The maximum atomic E-state index is 11.5. The quantitative estimate of drug-likeness (QED) is 0.209. The molecule has 1 heterocycles. The Morgan fingerprint density at radius 2 is 1.41 bits per heavy atom. The topological polar surface area (TPSA) is 101 Å². The third-order valence-corrected chi connectivity index (χ3v) is 4.83. The first kappa shape index (κ1) is 23.1. The predicted molar refractivity (Wildman–Crippen MR) is 110 cm³/mol. The molecule has 154 valence electrons. The number of aromatic amines is 1. The molecular formula is C20H36N4O3. The van der Waals surface area contributed by atoms with Crippen LogP contribution in [-0.4, -0.2) is 21.4 Å². The number of rotatable bonds is 17. The molecule has 0 spiro atoms. The summed E-state index contributed by atoms with van der Waals surface area (Å²) in [6, 6.07) is 0. The molecule has 1 rings (SSSR count). The highest BCUT2D eigenvalue weighted by molar-refractivity contribution is 5.53. The lowest BCUT2D eigenvalue weighted by atomic mass is 10.0. The van der Waals surface area contributed by atoms with E-state index in [1.807, 2.05) is 0 Å². The van der Waals surface area contributed by atoms with E-state index in [1.165, 1.54) is 83.4 Å². The molecule has 0 aromatic carbocycles. The van der Waals surface area contributed by atoms with Gasteiger partial charge in [0.1, 0.15) is 0 Å². The van der Waals surface area contributed by atoms with E-state index in [4.69, 9.17) is 0 Å². The van der Waals surface area contributed by atoms with Crippen LogP contribution < -0.4 is 10.9 Å². The van der Waals surface area contributed by atoms with E-state index >= 15 is 0 Å². The number of nitrogens with zero attached hydrogens (tertiary/aromatic N) is 2. The summed E-state index contributed by atoms with van der Waals surface area (Å²) in [4.78, 5) is 27.8. The second kappa shape index (κ2) is 15.2. The first-order chi connectivity index (χ1) is 13.2. The van der Waals surface area contributed by atoms with Crippen molar-refractivity contribution in [3.63, 3.8) is 0 Å². The maximum Gasteiger partial charge on any atom is 0.375 e. The summed E-state index contributed by atoms with van der Waals surface area (Å²) in [6.07, 6.45) is 19.3. The van der Waals surface area contributed by atoms with Gasteiger partial charge in [0.05, 0.1) is 11.3 Å². The van der Waals surface area contributed by atoms with Gasteiger partial charge in [-0.3, -0.25) is 14.9 Å². The van der Waals surface area contributed by atoms with E-state index in [-0.39, 0.29) is 5.82 Å². The Kier molecular flexibility index (Phi) is 13.0. The Labute approximate surface area is 162 Å². The van der Waals surface area contributed by atoms with Gasteiger partial charge in [-0.25, -0.2) is 4.98 Å². The molecule has 0 bridgehead atoms.